The van der Waals surface area contributed by atoms with Gasteiger partial charge in [-0.25, -0.2) is 0 Å². The molecule has 1 unspecified atom stereocenters. The Morgan fingerprint density at radius 2 is 1.62 bits per heavy atom. The molecule has 1 heterocycles. The van der Waals surface area contributed by atoms with Crippen molar-refractivity contribution in [2.24, 2.45) is 0 Å². The molecule has 0 N–H and O–H groups in total. The maximum absolute atomic E-state index is 11.1. The van der Waals surface area contributed by atoms with Gasteiger partial charge in [0.25, 0.3) is 0 Å². The Kier molecular flexibility index (Phi) is 8.00. The highest BCUT2D eigenvalue weighted by atomic mass is 28.4. The van der Waals surface area contributed by atoms with Gasteiger partial charge in [-0.2, -0.15) is 0 Å². The summed E-state index contributed by atoms with van der Waals surface area (Å²) in [5, 5.41) is 0. The van der Waals surface area contributed by atoms with Crippen LogP contribution in [0.2, 0.25) is 0 Å². The van der Waals surface area contributed by atoms with E-state index >= 15 is 0 Å². The van der Waals surface area contributed by atoms with Crippen LogP contribution in [0.3, 0.4) is 0 Å². The number of rotatable bonds is 9. The van der Waals surface area contributed by atoms with E-state index in [4.69, 9.17) is 13.3 Å². The summed E-state index contributed by atoms with van der Waals surface area (Å²) in [6, 6.07) is 0. The first-order valence-corrected chi connectivity index (χ1v) is 9.44. The summed E-state index contributed by atoms with van der Waals surface area (Å²) >= 11 is 0. The van der Waals surface area contributed by atoms with Gasteiger partial charge in [0.05, 0.1) is 5.67 Å². The second-order valence-corrected chi connectivity index (χ2v) is 8.57. The quantitative estimate of drug-likeness (QED) is 0.586. The molecule has 1 aliphatic rings. The number of Topliss-reactive ketones (excluding diaryl/α,β-unsaturated/α-hetero) is 1. The van der Waals surface area contributed by atoms with Crippen molar-refractivity contribution in [3.63, 3.8) is 0 Å². The molecule has 0 amide bonds. The van der Waals surface area contributed by atoms with E-state index in [2.05, 4.69) is 16.7 Å². The highest BCUT2D eigenvalue weighted by Gasteiger charge is 2.49. The largest absolute Gasteiger partial charge is 0.518 e. The molecule has 0 bridgehead atoms. The average molecular weight is 318 g/mol. The van der Waals surface area contributed by atoms with E-state index in [9.17, 15) is 4.79 Å². The third kappa shape index (κ3) is 4.84. The summed E-state index contributed by atoms with van der Waals surface area (Å²) in [6.07, 6.45) is 1.58. The van der Waals surface area contributed by atoms with Crippen molar-refractivity contribution in [2.75, 3.05) is 54.1 Å². The number of piperazine rings is 1. The van der Waals surface area contributed by atoms with Crippen LogP contribution in [0.4, 0.5) is 0 Å². The average Bonchev–Trinajstić information content (AvgIpc) is 2.51. The number of carbonyl (C=O) groups excluding carboxylic acids is 1. The standard InChI is InChI=1S/C14H30N2O4Si/c1-6-14(21(18-3,19-4)20-5)16-11-9-15(10-12-16)8-7-13(2)17/h14H,6-12H2,1-5H3. The van der Waals surface area contributed by atoms with Crippen LogP contribution in [0.1, 0.15) is 26.7 Å². The minimum absolute atomic E-state index is 0.187. The van der Waals surface area contributed by atoms with Crippen molar-refractivity contribution in [3.05, 3.63) is 0 Å². The molecule has 0 aromatic rings. The van der Waals surface area contributed by atoms with E-state index in [1.165, 1.54) is 0 Å². The molecule has 0 radical (unpaired) electrons. The second kappa shape index (κ2) is 8.97. The van der Waals surface area contributed by atoms with Crippen molar-refractivity contribution in [1.82, 2.24) is 9.80 Å². The number of hydrogen-bond donors (Lipinski definition) is 0. The lowest BCUT2D eigenvalue weighted by Crippen LogP contribution is -2.64. The summed E-state index contributed by atoms with van der Waals surface area (Å²) in [5.74, 6) is 0.258. The van der Waals surface area contributed by atoms with Crippen LogP contribution in [0.25, 0.3) is 0 Å². The molecule has 1 rings (SSSR count). The minimum Gasteiger partial charge on any atom is -0.376 e. The van der Waals surface area contributed by atoms with E-state index in [-0.39, 0.29) is 11.4 Å². The smallest absolute Gasteiger partial charge is 0.376 e. The molecule has 1 fully saturated rings. The van der Waals surface area contributed by atoms with Crippen molar-refractivity contribution >= 4 is 14.6 Å². The fourth-order valence-electron chi connectivity index (χ4n) is 3.00. The maximum atomic E-state index is 11.1. The van der Waals surface area contributed by atoms with Crippen LogP contribution in [0.5, 0.6) is 0 Å². The highest BCUT2D eigenvalue weighted by molar-refractivity contribution is 6.62. The van der Waals surface area contributed by atoms with Gasteiger partial charge in [-0.05, 0) is 13.3 Å². The molecule has 1 atom stereocenters. The molecule has 0 aliphatic carbocycles. The maximum Gasteiger partial charge on any atom is 0.518 e. The van der Waals surface area contributed by atoms with Crippen LogP contribution < -0.4 is 0 Å². The van der Waals surface area contributed by atoms with Crippen molar-refractivity contribution in [2.45, 2.75) is 32.4 Å². The first-order valence-electron chi connectivity index (χ1n) is 7.64. The first kappa shape index (κ1) is 18.7. The van der Waals surface area contributed by atoms with Crippen molar-refractivity contribution in [3.8, 4) is 0 Å². The first-order chi connectivity index (χ1) is 10.0. The number of ketones is 1. The molecular formula is C14H30N2O4Si. The molecule has 21 heavy (non-hydrogen) atoms. The third-order valence-corrected chi connectivity index (χ3v) is 7.57. The van der Waals surface area contributed by atoms with Crippen LogP contribution in [-0.2, 0) is 18.1 Å². The molecule has 7 heteroatoms. The lowest BCUT2D eigenvalue weighted by atomic mass is 10.2. The molecule has 0 spiro atoms. The molecule has 1 aliphatic heterocycles. The van der Waals surface area contributed by atoms with Crippen LogP contribution in [-0.4, -0.2) is 84.1 Å². The predicted octanol–water partition coefficient (Wildman–Crippen LogP) is 0.779. The molecule has 0 aromatic heterocycles. The van der Waals surface area contributed by atoms with Crippen LogP contribution >= 0.6 is 0 Å². The fourth-order valence-corrected chi connectivity index (χ4v) is 5.53. The zero-order chi connectivity index (χ0) is 15.9. The molecule has 0 aromatic carbocycles. The van der Waals surface area contributed by atoms with Crippen LogP contribution in [0, 0.1) is 0 Å². The summed E-state index contributed by atoms with van der Waals surface area (Å²) in [6.45, 7) is 8.53. The lowest BCUT2D eigenvalue weighted by Gasteiger charge is -2.43. The van der Waals surface area contributed by atoms with E-state index < -0.39 is 8.80 Å². The molecule has 124 valence electrons. The molecule has 0 saturated carbocycles. The van der Waals surface area contributed by atoms with E-state index in [0.29, 0.717) is 6.42 Å². The second-order valence-electron chi connectivity index (χ2n) is 5.47. The van der Waals surface area contributed by atoms with Crippen LogP contribution in [0.15, 0.2) is 0 Å². The minimum atomic E-state index is -2.64. The van der Waals surface area contributed by atoms with Gasteiger partial charge in [-0.1, -0.05) is 6.92 Å². The Balaban J connectivity index is 2.59. The zero-order valence-electron chi connectivity index (χ0n) is 14.1. The lowest BCUT2D eigenvalue weighted by molar-refractivity contribution is -0.117. The van der Waals surface area contributed by atoms with E-state index in [0.717, 1.165) is 39.1 Å². The Morgan fingerprint density at radius 1 is 1.10 bits per heavy atom. The Hall–Kier alpha value is -0.313. The van der Waals surface area contributed by atoms with Crippen molar-refractivity contribution in [1.29, 1.82) is 0 Å². The normalized spacial score (nSPS) is 19.7. The summed E-state index contributed by atoms with van der Waals surface area (Å²) in [7, 11) is 2.38. The Morgan fingerprint density at radius 3 is 2.00 bits per heavy atom. The Labute approximate surface area is 129 Å². The summed E-state index contributed by atoms with van der Waals surface area (Å²) < 4.78 is 16.9. The summed E-state index contributed by atoms with van der Waals surface area (Å²) in [5.41, 5.74) is 0.187. The predicted molar refractivity (Wildman–Crippen MR) is 84.2 cm³/mol. The van der Waals surface area contributed by atoms with Gasteiger partial charge in [-0.15, -0.1) is 0 Å². The summed E-state index contributed by atoms with van der Waals surface area (Å²) in [4.78, 5) is 15.8. The van der Waals surface area contributed by atoms with Gasteiger partial charge < -0.3 is 18.2 Å². The third-order valence-electron chi connectivity index (χ3n) is 4.28. The van der Waals surface area contributed by atoms with Crippen molar-refractivity contribution < 1.29 is 18.1 Å². The van der Waals surface area contributed by atoms with Gasteiger partial charge in [-0.3, -0.25) is 9.69 Å². The molecule has 1 saturated heterocycles. The zero-order valence-corrected chi connectivity index (χ0v) is 15.1. The molecular weight excluding hydrogens is 288 g/mol. The van der Waals surface area contributed by atoms with Gasteiger partial charge in [0.1, 0.15) is 5.78 Å². The topological polar surface area (TPSA) is 51.2 Å². The van der Waals surface area contributed by atoms with Gasteiger partial charge in [0, 0.05) is 60.5 Å². The SMILES string of the molecule is CCC(N1CCN(CCC(C)=O)CC1)[Si](OC)(OC)OC. The fraction of sp³-hybridized carbons (Fsp3) is 0.929. The van der Waals surface area contributed by atoms with Gasteiger partial charge in [0.15, 0.2) is 0 Å². The van der Waals surface area contributed by atoms with E-state index in [1.807, 2.05) is 0 Å². The number of hydrogen-bond acceptors (Lipinski definition) is 6. The van der Waals surface area contributed by atoms with Gasteiger partial charge >= 0.3 is 8.80 Å². The highest BCUT2D eigenvalue weighted by Crippen LogP contribution is 2.22. The molecule has 6 nitrogen and oxygen atoms in total. The monoisotopic (exact) mass is 318 g/mol. The van der Waals surface area contributed by atoms with E-state index in [1.54, 1.807) is 28.3 Å². The number of carbonyl (C=O) groups is 1. The Bertz CT molecular complexity index is 310. The number of nitrogens with zero attached hydrogens (tertiary/aromatic N) is 2. The van der Waals surface area contributed by atoms with Gasteiger partial charge in [0.2, 0.25) is 0 Å².